The van der Waals surface area contributed by atoms with Gasteiger partial charge in [-0.25, -0.2) is 16.8 Å². The molecular weight excluding hydrogens is 300 g/mol. The summed E-state index contributed by atoms with van der Waals surface area (Å²) in [6.45, 7) is 0. The minimum atomic E-state index is -3.87. The zero-order valence-electron chi connectivity index (χ0n) is 10.9. The molecule has 1 aliphatic heterocycles. The van der Waals surface area contributed by atoms with Gasteiger partial charge in [0.25, 0.3) is 0 Å². The van der Waals surface area contributed by atoms with Gasteiger partial charge in [0, 0.05) is 13.1 Å². The molecule has 0 amide bonds. The highest BCUT2D eigenvalue weighted by molar-refractivity contribution is 7.92. The highest BCUT2D eigenvalue weighted by Crippen LogP contribution is 2.25. The number of nitrogens with zero attached hydrogens (tertiary/aromatic N) is 2. The normalized spacial score (nSPS) is 21.8. The van der Waals surface area contributed by atoms with Crippen LogP contribution in [0.2, 0.25) is 0 Å². The van der Waals surface area contributed by atoms with Gasteiger partial charge in [0.2, 0.25) is 10.0 Å². The van der Waals surface area contributed by atoms with E-state index in [4.69, 9.17) is 5.26 Å². The van der Waals surface area contributed by atoms with E-state index in [1.807, 2.05) is 6.07 Å². The van der Waals surface area contributed by atoms with E-state index in [9.17, 15) is 16.8 Å². The molecule has 0 aromatic heterocycles. The molecule has 1 atom stereocenters. The SMILES string of the molecule is CN(C1CCS(=O)(=O)C1)S(=O)(=O)c1ccccc1C#N. The maximum atomic E-state index is 12.5. The summed E-state index contributed by atoms with van der Waals surface area (Å²) in [5.41, 5.74) is 0.0557. The molecule has 0 bridgehead atoms. The Kier molecular flexibility index (Phi) is 3.86. The molecular formula is C12H14N2O4S2. The smallest absolute Gasteiger partial charge is 0.229 e. The number of hydrogen-bond acceptors (Lipinski definition) is 5. The van der Waals surface area contributed by atoms with Crippen LogP contribution in [0.1, 0.15) is 12.0 Å². The van der Waals surface area contributed by atoms with E-state index in [1.165, 1.54) is 25.2 Å². The van der Waals surface area contributed by atoms with Crippen LogP contribution in [0, 0.1) is 11.3 Å². The van der Waals surface area contributed by atoms with Crippen molar-refractivity contribution in [2.24, 2.45) is 0 Å². The highest BCUT2D eigenvalue weighted by atomic mass is 32.2. The second-order valence-electron chi connectivity index (χ2n) is 4.69. The molecule has 1 aliphatic rings. The van der Waals surface area contributed by atoms with Crippen molar-refractivity contribution in [1.29, 1.82) is 5.26 Å². The van der Waals surface area contributed by atoms with Crippen molar-refractivity contribution in [3.63, 3.8) is 0 Å². The molecule has 2 rings (SSSR count). The monoisotopic (exact) mass is 314 g/mol. The summed E-state index contributed by atoms with van der Waals surface area (Å²) >= 11 is 0. The molecule has 1 aromatic carbocycles. The second kappa shape index (κ2) is 5.16. The number of sulfonamides is 1. The maximum Gasteiger partial charge on any atom is 0.244 e. The quantitative estimate of drug-likeness (QED) is 0.803. The predicted octanol–water partition coefficient (Wildman–Crippen LogP) is 0.366. The Morgan fingerprint density at radius 2 is 2.00 bits per heavy atom. The average Bonchev–Trinajstić information content (AvgIpc) is 2.78. The van der Waals surface area contributed by atoms with Crippen molar-refractivity contribution in [2.45, 2.75) is 17.4 Å². The first-order valence-corrected chi connectivity index (χ1v) is 9.22. The van der Waals surface area contributed by atoms with Crippen LogP contribution in [-0.2, 0) is 19.9 Å². The fraction of sp³-hybridized carbons (Fsp3) is 0.417. The molecule has 1 heterocycles. The molecule has 8 heteroatoms. The number of hydrogen-bond donors (Lipinski definition) is 0. The third kappa shape index (κ3) is 2.70. The van der Waals surface area contributed by atoms with Crippen LogP contribution in [0.4, 0.5) is 0 Å². The van der Waals surface area contributed by atoms with Gasteiger partial charge in [0.15, 0.2) is 9.84 Å². The fourth-order valence-electron chi connectivity index (χ4n) is 2.20. The lowest BCUT2D eigenvalue weighted by atomic mass is 10.2. The number of nitriles is 1. The summed E-state index contributed by atoms with van der Waals surface area (Å²) in [4.78, 5) is -0.0886. The lowest BCUT2D eigenvalue weighted by molar-refractivity contribution is 0.394. The maximum absolute atomic E-state index is 12.5. The Balaban J connectivity index is 2.39. The number of sulfone groups is 1. The molecule has 1 fully saturated rings. The average molecular weight is 314 g/mol. The van der Waals surface area contributed by atoms with Crippen molar-refractivity contribution in [3.8, 4) is 6.07 Å². The van der Waals surface area contributed by atoms with Crippen LogP contribution in [0.25, 0.3) is 0 Å². The van der Waals surface area contributed by atoms with E-state index in [0.717, 1.165) is 4.31 Å². The molecule has 108 valence electrons. The van der Waals surface area contributed by atoms with Crippen molar-refractivity contribution in [3.05, 3.63) is 29.8 Å². The Labute approximate surface area is 118 Å². The van der Waals surface area contributed by atoms with Gasteiger partial charge < -0.3 is 0 Å². The number of benzene rings is 1. The lowest BCUT2D eigenvalue weighted by Crippen LogP contribution is -2.38. The Hall–Kier alpha value is -1.43. The molecule has 1 saturated heterocycles. The van der Waals surface area contributed by atoms with E-state index in [1.54, 1.807) is 6.07 Å². The van der Waals surface area contributed by atoms with E-state index >= 15 is 0 Å². The van der Waals surface area contributed by atoms with Crippen LogP contribution >= 0.6 is 0 Å². The Bertz CT molecular complexity index is 763. The molecule has 20 heavy (non-hydrogen) atoms. The summed E-state index contributed by atoms with van der Waals surface area (Å²) < 4.78 is 49.0. The van der Waals surface area contributed by atoms with Gasteiger partial charge in [-0.1, -0.05) is 12.1 Å². The number of rotatable bonds is 3. The molecule has 0 N–H and O–H groups in total. The second-order valence-corrected chi connectivity index (χ2v) is 8.88. The van der Waals surface area contributed by atoms with Crippen molar-refractivity contribution in [2.75, 3.05) is 18.6 Å². The molecule has 6 nitrogen and oxygen atoms in total. The Morgan fingerprint density at radius 3 is 2.55 bits per heavy atom. The third-order valence-electron chi connectivity index (χ3n) is 3.39. The largest absolute Gasteiger partial charge is 0.244 e. The standard InChI is InChI=1S/C12H14N2O4S2/c1-14(11-6-7-19(15,16)9-11)20(17,18)12-5-3-2-4-10(12)8-13/h2-5,11H,6-7,9H2,1H3. The van der Waals surface area contributed by atoms with Crippen LogP contribution < -0.4 is 0 Å². The van der Waals surface area contributed by atoms with Gasteiger partial charge in [-0.3, -0.25) is 0 Å². The third-order valence-corrected chi connectivity index (χ3v) is 7.11. The minimum Gasteiger partial charge on any atom is -0.229 e. The van der Waals surface area contributed by atoms with Crippen molar-refractivity contribution in [1.82, 2.24) is 4.31 Å². The molecule has 1 unspecified atom stereocenters. The Morgan fingerprint density at radius 1 is 1.35 bits per heavy atom. The van der Waals surface area contributed by atoms with Crippen LogP contribution in [0.15, 0.2) is 29.2 Å². The van der Waals surface area contributed by atoms with Gasteiger partial charge in [-0.05, 0) is 18.6 Å². The first-order valence-electron chi connectivity index (χ1n) is 5.95. The van der Waals surface area contributed by atoms with Crippen molar-refractivity contribution >= 4 is 19.9 Å². The minimum absolute atomic E-state index is 0.00256. The fourth-order valence-corrected chi connectivity index (χ4v) is 5.59. The highest BCUT2D eigenvalue weighted by Gasteiger charge is 2.37. The van der Waals surface area contributed by atoms with Gasteiger partial charge in [0.05, 0.1) is 22.0 Å². The molecule has 1 aromatic rings. The first kappa shape index (κ1) is 15.0. The topological polar surface area (TPSA) is 95.3 Å². The predicted molar refractivity (Wildman–Crippen MR) is 73.2 cm³/mol. The summed E-state index contributed by atoms with van der Waals surface area (Å²) in [7, 11) is -5.68. The van der Waals surface area contributed by atoms with Gasteiger partial charge in [0.1, 0.15) is 6.07 Å². The molecule has 0 radical (unpaired) electrons. The molecule has 0 aliphatic carbocycles. The zero-order chi connectivity index (χ0) is 15.0. The van der Waals surface area contributed by atoms with Gasteiger partial charge in [-0.15, -0.1) is 0 Å². The summed E-state index contributed by atoms with van der Waals surface area (Å²) in [6, 6.07) is 7.16. The van der Waals surface area contributed by atoms with E-state index in [-0.39, 0.29) is 28.4 Å². The van der Waals surface area contributed by atoms with E-state index < -0.39 is 25.9 Å². The van der Waals surface area contributed by atoms with E-state index in [2.05, 4.69) is 0 Å². The summed E-state index contributed by atoms with van der Waals surface area (Å²) in [6.07, 6.45) is 0.285. The van der Waals surface area contributed by atoms with Crippen LogP contribution in [0.3, 0.4) is 0 Å². The lowest BCUT2D eigenvalue weighted by Gasteiger charge is -2.23. The summed E-state index contributed by atoms with van der Waals surface area (Å²) in [5, 5.41) is 8.98. The molecule has 0 spiro atoms. The van der Waals surface area contributed by atoms with Crippen LogP contribution in [0.5, 0.6) is 0 Å². The van der Waals surface area contributed by atoms with Gasteiger partial charge in [-0.2, -0.15) is 9.57 Å². The van der Waals surface area contributed by atoms with Gasteiger partial charge >= 0.3 is 0 Å². The zero-order valence-corrected chi connectivity index (χ0v) is 12.5. The van der Waals surface area contributed by atoms with Crippen LogP contribution in [-0.4, -0.2) is 45.7 Å². The molecule has 0 saturated carbocycles. The van der Waals surface area contributed by atoms with E-state index in [0.29, 0.717) is 0 Å². The summed E-state index contributed by atoms with van der Waals surface area (Å²) in [5.74, 6) is -0.172. The first-order chi connectivity index (χ1) is 9.28. The van der Waals surface area contributed by atoms with Crippen molar-refractivity contribution < 1.29 is 16.8 Å².